The molecule has 0 N–H and O–H groups in total. The first-order chi connectivity index (χ1) is 6.72. The van der Waals surface area contributed by atoms with Gasteiger partial charge in [0.25, 0.3) is 0 Å². The maximum absolute atomic E-state index is 13.3. The first-order valence-corrected chi connectivity index (χ1v) is 4.03. The lowest BCUT2D eigenvalue weighted by Crippen LogP contribution is -1.99. The van der Waals surface area contributed by atoms with Gasteiger partial charge in [-0.25, -0.2) is 4.39 Å². The van der Waals surface area contributed by atoms with E-state index in [1.165, 1.54) is 14.2 Å². The molecular weight excluding hydrogens is 187 g/mol. The second-order valence-corrected chi connectivity index (χ2v) is 2.75. The van der Waals surface area contributed by atoms with Crippen molar-refractivity contribution in [2.45, 2.75) is 6.61 Å². The van der Waals surface area contributed by atoms with Crippen molar-refractivity contribution >= 4 is 6.29 Å². The quantitative estimate of drug-likeness (QED) is 0.692. The minimum atomic E-state index is -0.552. The van der Waals surface area contributed by atoms with E-state index in [1.54, 1.807) is 6.07 Å². The summed E-state index contributed by atoms with van der Waals surface area (Å²) >= 11 is 0. The van der Waals surface area contributed by atoms with Crippen LogP contribution in [0.2, 0.25) is 0 Å². The first kappa shape index (κ1) is 10.7. The molecular formula is C10H11FO3. The monoisotopic (exact) mass is 198 g/mol. The largest absolute Gasteiger partial charge is 0.493 e. The maximum Gasteiger partial charge on any atom is 0.166 e. The number of methoxy groups -OCH3 is 2. The molecule has 0 radical (unpaired) electrons. The molecule has 1 rings (SSSR count). The minimum Gasteiger partial charge on any atom is -0.493 e. The molecule has 0 aromatic heterocycles. The molecule has 1 aromatic rings. The molecule has 0 unspecified atom stereocenters. The van der Waals surface area contributed by atoms with Gasteiger partial charge in [0.2, 0.25) is 0 Å². The van der Waals surface area contributed by atoms with E-state index in [0.717, 1.165) is 6.07 Å². The van der Waals surface area contributed by atoms with Gasteiger partial charge in [0.05, 0.1) is 13.7 Å². The number of hydrogen-bond acceptors (Lipinski definition) is 3. The fourth-order valence-corrected chi connectivity index (χ4v) is 1.23. The van der Waals surface area contributed by atoms with Crippen molar-refractivity contribution in [1.29, 1.82) is 0 Å². The van der Waals surface area contributed by atoms with Crippen LogP contribution in [0.25, 0.3) is 0 Å². The number of rotatable bonds is 4. The molecule has 0 atom stereocenters. The van der Waals surface area contributed by atoms with E-state index in [0.29, 0.717) is 11.8 Å². The van der Waals surface area contributed by atoms with Crippen molar-refractivity contribution in [1.82, 2.24) is 0 Å². The van der Waals surface area contributed by atoms with Crippen LogP contribution in [-0.2, 0) is 11.3 Å². The normalized spacial score (nSPS) is 9.93. The van der Waals surface area contributed by atoms with Gasteiger partial charge in [0.1, 0.15) is 6.29 Å². The Labute approximate surface area is 81.4 Å². The molecule has 0 heterocycles. The second-order valence-electron chi connectivity index (χ2n) is 2.75. The fraction of sp³-hybridized carbons (Fsp3) is 0.300. The van der Waals surface area contributed by atoms with Crippen LogP contribution >= 0.6 is 0 Å². The lowest BCUT2D eigenvalue weighted by Gasteiger charge is -2.09. The lowest BCUT2D eigenvalue weighted by molar-refractivity contribution is 0.112. The van der Waals surface area contributed by atoms with E-state index in [4.69, 9.17) is 9.47 Å². The zero-order chi connectivity index (χ0) is 10.6. The molecule has 0 aliphatic heterocycles. The van der Waals surface area contributed by atoms with Gasteiger partial charge in [0.15, 0.2) is 11.6 Å². The van der Waals surface area contributed by atoms with Gasteiger partial charge in [-0.05, 0) is 12.1 Å². The molecule has 4 heteroatoms. The molecule has 14 heavy (non-hydrogen) atoms. The van der Waals surface area contributed by atoms with Crippen molar-refractivity contribution < 1.29 is 18.7 Å². The second kappa shape index (κ2) is 4.72. The summed E-state index contributed by atoms with van der Waals surface area (Å²) in [5, 5.41) is 0. The number of benzene rings is 1. The van der Waals surface area contributed by atoms with E-state index >= 15 is 0 Å². The van der Waals surface area contributed by atoms with Crippen molar-refractivity contribution in [3.63, 3.8) is 0 Å². The van der Waals surface area contributed by atoms with E-state index in [9.17, 15) is 9.18 Å². The van der Waals surface area contributed by atoms with Crippen LogP contribution in [0.4, 0.5) is 4.39 Å². The van der Waals surface area contributed by atoms with Gasteiger partial charge in [0, 0.05) is 18.2 Å². The standard InChI is InChI=1S/C10H11FO3/c1-13-6-8-3-7(5-12)4-9(11)10(8)14-2/h3-5H,6H2,1-2H3. The van der Waals surface area contributed by atoms with Crippen LogP contribution in [0.1, 0.15) is 15.9 Å². The van der Waals surface area contributed by atoms with Crippen molar-refractivity contribution in [2.75, 3.05) is 14.2 Å². The van der Waals surface area contributed by atoms with E-state index in [-0.39, 0.29) is 17.9 Å². The summed E-state index contributed by atoms with van der Waals surface area (Å²) in [6.45, 7) is 0.210. The Morgan fingerprint density at radius 2 is 2.14 bits per heavy atom. The summed E-state index contributed by atoms with van der Waals surface area (Å²) in [6, 6.07) is 2.67. The Kier molecular flexibility index (Phi) is 3.59. The SMILES string of the molecule is COCc1cc(C=O)cc(F)c1OC. The predicted octanol–water partition coefficient (Wildman–Crippen LogP) is 1.79. The van der Waals surface area contributed by atoms with Crippen LogP contribution in [0.5, 0.6) is 5.75 Å². The highest BCUT2D eigenvalue weighted by molar-refractivity contribution is 5.75. The molecule has 3 nitrogen and oxygen atoms in total. The summed E-state index contributed by atoms with van der Waals surface area (Å²) in [6.07, 6.45) is 0.585. The van der Waals surface area contributed by atoms with E-state index < -0.39 is 5.82 Å². The smallest absolute Gasteiger partial charge is 0.166 e. The molecule has 0 bridgehead atoms. The van der Waals surface area contributed by atoms with E-state index in [2.05, 4.69) is 0 Å². The van der Waals surface area contributed by atoms with Gasteiger partial charge in [-0.2, -0.15) is 0 Å². The third-order valence-corrected chi connectivity index (χ3v) is 1.78. The highest BCUT2D eigenvalue weighted by atomic mass is 19.1. The van der Waals surface area contributed by atoms with Gasteiger partial charge < -0.3 is 9.47 Å². The number of carbonyl (C=O) groups is 1. The molecule has 0 spiro atoms. The van der Waals surface area contributed by atoms with Gasteiger partial charge in [-0.3, -0.25) is 4.79 Å². The molecule has 0 amide bonds. The summed E-state index contributed by atoms with van der Waals surface area (Å²) in [7, 11) is 2.86. The number of hydrogen-bond donors (Lipinski definition) is 0. The van der Waals surface area contributed by atoms with E-state index in [1.807, 2.05) is 0 Å². The molecule has 0 saturated heterocycles. The van der Waals surface area contributed by atoms with Crippen LogP contribution in [0, 0.1) is 5.82 Å². The Morgan fingerprint density at radius 1 is 1.43 bits per heavy atom. The third-order valence-electron chi connectivity index (χ3n) is 1.78. The molecule has 0 aliphatic carbocycles. The van der Waals surface area contributed by atoms with Crippen molar-refractivity contribution in [2.24, 2.45) is 0 Å². The van der Waals surface area contributed by atoms with Crippen LogP contribution < -0.4 is 4.74 Å². The van der Waals surface area contributed by atoms with Gasteiger partial charge in [-0.15, -0.1) is 0 Å². The Hall–Kier alpha value is -1.42. The Balaban J connectivity index is 3.20. The number of aldehydes is 1. The molecule has 0 aliphatic rings. The lowest BCUT2D eigenvalue weighted by atomic mass is 10.1. The molecule has 76 valence electrons. The van der Waals surface area contributed by atoms with Crippen molar-refractivity contribution in [3.8, 4) is 5.75 Å². The van der Waals surface area contributed by atoms with Crippen LogP contribution in [0.3, 0.4) is 0 Å². The highest BCUT2D eigenvalue weighted by Gasteiger charge is 2.10. The average molecular weight is 198 g/mol. The maximum atomic E-state index is 13.3. The van der Waals surface area contributed by atoms with Gasteiger partial charge >= 0.3 is 0 Å². The zero-order valence-corrected chi connectivity index (χ0v) is 8.04. The van der Waals surface area contributed by atoms with Crippen molar-refractivity contribution in [3.05, 3.63) is 29.1 Å². The number of halogens is 1. The summed E-state index contributed by atoms with van der Waals surface area (Å²) < 4.78 is 23.0. The van der Waals surface area contributed by atoms with Crippen LogP contribution in [-0.4, -0.2) is 20.5 Å². The molecule has 0 saturated carbocycles. The highest BCUT2D eigenvalue weighted by Crippen LogP contribution is 2.24. The third kappa shape index (κ3) is 2.09. The summed E-state index contributed by atoms with van der Waals surface area (Å²) in [4.78, 5) is 10.5. The topological polar surface area (TPSA) is 35.5 Å². The molecule has 1 aromatic carbocycles. The summed E-state index contributed by atoms with van der Waals surface area (Å²) in [5.41, 5.74) is 0.799. The minimum absolute atomic E-state index is 0.123. The van der Waals surface area contributed by atoms with Gasteiger partial charge in [-0.1, -0.05) is 0 Å². The Bertz CT molecular complexity index is 336. The number of ether oxygens (including phenoxy) is 2. The Morgan fingerprint density at radius 3 is 2.64 bits per heavy atom. The average Bonchev–Trinajstić information content (AvgIpc) is 2.18. The summed E-state index contributed by atoms with van der Waals surface area (Å²) in [5.74, 6) is -0.429. The number of carbonyl (C=O) groups excluding carboxylic acids is 1. The molecule has 0 fully saturated rings. The zero-order valence-electron chi connectivity index (χ0n) is 8.04. The fourth-order valence-electron chi connectivity index (χ4n) is 1.23. The first-order valence-electron chi connectivity index (χ1n) is 4.03. The van der Waals surface area contributed by atoms with Crippen LogP contribution in [0.15, 0.2) is 12.1 Å². The predicted molar refractivity (Wildman–Crippen MR) is 49.1 cm³/mol.